The van der Waals surface area contributed by atoms with E-state index in [2.05, 4.69) is 0 Å². The molecule has 0 unspecified atom stereocenters. The zero-order valence-corrected chi connectivity index (χ0v) is 6.62. The summed E-state index contributed by atoms with van der Waals surface area (Å²) in [5.74, 6) is 0. The SMILES string of the molecule is O.O.S.[H-].[K+]. The van der Waals surface area contributed by atoms with Crippen LogP contribution < -0.4 is 51.4 Å². The van der Waals surface area contributed by atoms with Gasteiger partial charge in [0.1, 0.15) is 0 Å². The molecule has 0 saturated heterocycles. The largest absolute Gasteiger partial charge is 1.00 e. The smallest absolute Gasteiger partial charge is 1.00 e. The molecule has 4 heavy (non-hydrogen) atoms. The number of hydrogen-bond donors (Lipinski definition) is 0. The first-order valence-electron chi connectivity index (χ1n) is 0. The van der Waals surface area contributed by atoms with Crippen LogP contribution in [0.25, 0.3) is 0 Å². The van der Waals surface area contributed by atoms with Gasteiger partial charge < -0.3 is 12.4 Å². The summed E-state index contributed by atoms with van der Waals surface area (Å²) in [5, 5.41) is 0. The van der Waals surface area contributed by atoms with Gasteiger partial charge in [-0.25, -0.2) is 0 Å². The Balaban J connectivity index is 0. The van der Waals surface area contributed by atoms with Crippen molar-refractivity contribution in [1.29, 1.82) is 0 Å². The van der Waals surface area contributed by atoms with Crippen LogP contribution >= 0.6 is 13.5 Å². The van der Waals surface area contributed by atoms with E-state index in [9.17, 15) is 0 Å². The topological polar surface area (TPSA) is 63.0 Å². The molecule has 0 amide bonds. The molecule has 2 nitrogen and oxygen atoms in total. The number of hydrogen-bond acceptors (Lipinski definition) is 0. The monoisotopic (exact) mass is 110 g/mol. The maximum absolute atomic E-state index is 0. The molecule has 0 aromatic rings. The summed E-state index contributed by atoms with van der Waals surface area (Å²) in [5.41, 5.74) is 0. The van der Waals surface area contributed by atoms with Crippen LogP contribution in [0.15, 0.2) is 0 Å². The minimum Gasteiger partial charge on any atom is -1.00 e. The van der Waals surface area contributed by atoms with E-state index in [1.54, 1.807) is 0 Å². The molecule has 26 valence electrons. The van der Waals surface area contributed by atoms with Crippen LogP contribution in [-0.4, -0.2) is 11.0 Å². The van der Waals surface area contributed by atoms with Gasteiger partial charge in [0.15, 0.2) is 0 Å². The van der Waals surface area contributed by atoms with E-state index in [0.29, 0.717) is 0 Å². The molecule has 0 aliphatic carbocycles. The zero-order valence-electron chi connectivity index (χ0n) is 3.50. The Morgan fingerprint density at radius 1 is 1.00 bits per heavy atom. The van der Waals surface area contributed by atoms with Crippen molar-refractivity contribution in [3.05, 3.63) is 0 Å². The van der Waals surface area contributed by atoms with E-state index in [-0.39, 0.29) is 77.3 Å². The standard InChI is InChI=1S/K.2H2O.H2S.H/h;3*1H2;/q+1;;;;-1. The third-order valence-corrected chi connectivity index (χ3v) is 0. The molecule has 0 fully saturated rings. The maximum Gasteiger partial charge on any atom is 1.00 e. The van der Waals surface area contributed by atoms with Crippen molar-refractivity contribution < 1.29 is 63.8 Å². The van der Waals surface area contributed by atoms with Crippen molar-refractivity contribution in [2.75, 3.05) is 0 Å². The zero-order chi connectivity index (χ0) is 0. The van der Waals surface area contributed by atoms with Crippen molar-refractivity contribution >= 4 is 13.5 Å². The molecule has 0 bridgehead atoms. The molecule has 0 atom stereocenters. The van der Waals surface area contributed by atoms with Gasteiger partial charge in [0, 0.05) is 0 Å². The summed E-state index contributed by atoms with van der Waals surface area (Å²) in [7, 11) is 0. The molecule has 0 aliphatic rings. The molecule has 0 saturated carbocycles. The molecule has 0 aromatic heterocycles. The molecule has 0 rings (SSSR count). The van der Waals surface area contributed by atoms with Gasteiger partial charge in [-0.15, -0.1) is 0 Å². The summed E-state index contributed by atoms with van der Waals surface area (Å²) in [6.45, 7) is 0. The van der Waals surface area contributed by atoms with Crippen LogP contribution in [0.3, 0.4) is 0 Å². The second kappa shape index (κ2) is 20.6. The third-order valence-electron chi connectivity index (χ3n) is 0. The van der Waals surface area contributed by atoms with E-state index < -0.39 is 0 Å². The molecular weight excluding hydrogens is 103 g/mol. The molecule has 0 heterocycles. The van der Waals surface area contributed by atoms with Crippen molar-refractivity contribution in [2.24, 2.45) is 0 Å². The summed E-state index contributed by atoms with van der Waals surface area (Å²) in [6, 6.07) is 0. The predicted octanol–water partition coefficient (Wildman–Crippen LogP) is -4.42. The Morgan fingerprint density at radius 3 is 1.00 bits per heavy atom. The van der Waals surface area contributed by atoms with Crippen molar-refractivity contribution in [3.8, 4) is 0 Å². The van der Waals surface area contributed by atoms with Gasteiger partial charge in [-0.05, 0) is 0 Å². The molecule has 4 N–H and O–H groups in total. The minimum absolute atomic E-state index is 0. The van der Waals surface area contributed by atoms with Crippen LogP contribution in [0.1, 0.15) is 1.43 Å². The molecule has 0 radical (unpaired) electrons. The average molecular weight is 110 g/mol. The van der Waals surface area contributed by atoms with E-state index in [1.165, 1.54) is 0 Å². The van der Waals surface area contributed by atoms with Gasteiger partial charge in [-0.3, -0.25) is 0 Å². The molecule has 0 aromatic carbocycles. The fourth-order valence-corrected chi connectivity index (χ4v) is 0. The van der Waals surface area contributed by atoms with Crippen LogP contribution in [0, 0.1) is 0 Å². The van der Waals surface area contributed by atoms with Gasteiger partial charge >= 0.3 is 51.4 Å². The van der Waals surface area contributed by atoms with Crippen LogP contribution in [0.4, 0.5) is 0 Å². The summed E-state index contributed by atoms with van der Waals surface area (Å²) in [4.78, 5) is 0. The van der Waals surface area contributed by atoms with Crippen molar-refractivity contribution in [2.45, 2.75) is 0 Å². The predicted molar refractivity (Wildman–Crippen MR) is 18.7 cm³/mol. The van der Waals surface area contributed by atoms with Crippen LogP contribution in [0.2, 0.25) is 0 Å². The Kier molecular flexibility index (Phi) is 201. The fraction of sp³-hybridized carbons (Fsp3) is 0. The fourth-order valence-electron chi connectivity index (χ4n) is 0. The minimum atomic E-state index is 0. The van der Waals surface area contributed by atoms with Gasteiger partial charge in [-0.2, -0.15) is 13.5 Å². The van der Waals surface area contributed by atoms with Gasteiger partial charge in [0.05, 0.1) is 0 Å². The molecule has 0 spiro atoms. The van der Waals surface area contributed by atoms with Crippen molar-refractivity contribution in [1.82, 2.24) is 0 Å². The third kappa shape index (κ3) is 9.08. The van der Waals surface area contributed by atoms with E-state index in [1.807, 2.05) is 0 Å². The van der Waals surface area contributed by atoms with Crippen LogP contribution in [-0.2, 0) is 0 Å². The van der Waals surface area contributed by atoms with Crippen LogP contribution in [0.5, 0.6) is 0 Å². The van der Waals surface area contributed by atoms with E-state index in [4.69, 9.17) is 0 Å². The number of rotatable bonds is 0. The van der Waals surface area contributed by atoms with E-state index >= 15 is 0 Å². The first-order chi connectivity index (χ1) is 0. The Morgan fingerprint density at radius 2 is 1.00 bits per heavy atom. The van der Waals surface area contributed by atoms with Gasteiger partial charge in [0.2, 0.25) is 0 Å². The molecule has 0 aliphatic heterocycles. The Hall–Kier alpha value is 1.91. The second-order valence-electron chi connectivity index (χ2n) is 0. The summed E-state index contributed by atoms with van der Waals surface area (Å²) in [6.07, 6.45) is 0. The quantitative estimate of drug-likeness (QED) is 0.283. The maximum atomic E-state index is 0. The molecule has 4 heteroatoms. The Labute approximate surface area is 75.9 Å². The first-order valence-corrected chi connectivity index (χ1v) is 0. The van der Waals surface area contributed by atoms with E-state index in [0.717, 1.165) is 0 Å². The van der Waals surface area contributed by atoms with Gasteiger partial charge in [-0.1, -0.05) is 0 Å². The average Bonchev–Trinajstić information content (AvgIpc) is 0. The Bertz CT molecular complexity index is 9.61. The first kappa shape index (κ1) is 39.1. The normalized spacial score (nSPS) is 0. The summed E-state index contributed by atoms with van der Waals surface area (Å²) < 4.78 is 0. The molecular formula is H7KO2S. The van der Waals surface area contributed by atoms with Crippen molar-refractivity contribution in [3.63, 3.8) is 0 Å². The summed E-state index contributed by atoms with van der Waals surface area (Å²) >= 11 is 0. The van der Waals surface area contributed by atoms with Gasteiger partial charge in [0.25, 0.3) is 0 Å². The second-order valence-corrected chi connectivity index (χ2v) is 0.